The topological polar surface area (TPSA) is 101 Å². The molecule has 9 nitrogen and oxygen atoms in total. The summed E-state index contributed by atoms with van der Waals surface area (Å²) in [4.78, 5) is 25.7. The van der Waals surface area contributed by atoms with Gasteiger partial charge in [0.1, 0.15) is 24.8 Å². The fraction of sp³-hybridized carbons (Fsp3) is 0.412. The van der Waals surface area contributed by atoms with Crippen molar-refractivity contribution in [3.8, 4) is 6.07 Å². The summed E-state index contributed by atoms with van der Waals surface area (Å²) in [5.41, 5.74) is 0.487. The molecule has 0 spiro atoms. The molecule has 3 rings (SSSR count). The maximum absolute atomic E-state index is 14.6. The first kappa shape index (κ1) is 20.2. The summed E-state index contributed by atoms with van der Waals surface area (Å²) >= 11 is 0. The van der Waals surface area contributed by atoms with E-state index >= 15 is 0 Å². The third kappa shape index (κ3) is 4.68. The van der Waals surface area contributed by atoms with E-state index in [2.05, 4.69) is 5.10 Å². The Morgan fingerprint density at radius 2 is 2.21 bits per heavy atom. The molecule has 0 aromatic heterocycles. The minimum absolute atomic E-state index is 0.0184. The van der Waals surface area contributed by atoms with Crippen LogP contribution in [0.3, 0.4) is 0 Å². The number of nitriles is 1. The third-order valence-electron chi connectivity index (χ3n) is 4.34. The normalized spacial score (nSPS) is 18.8. The van der Waals surface area contributed by atoms with Crippen molar-refractivity contribution >= 4 is 29.7 Å². The summed E-state index contributed by atoms with van der Waals surface area (Å²) in [6.45, 7) is 0.738. The maximum atomic E-state index is 14.6. The van der Waals surface area contributed by atoms with E-state index in [1.807, 2.05) is 11.4 Å². The van der Waals surface area contributed by atoms with E-state index in [4.69, 9.17) is 10.00 Å². The van der Waals surface area contributed by atoms with Crippen LogP contribution in [0.5, 0.6) is 0 Å². The van der Waals surface area contributed by atoms with Crippen LogP contribution in [-0.2, 0) is 9.53 Å². The zero-order chi connectivity index (χ0) is 21.0. The largest absolute Gasteiger partial charge is 0.442 e. The number of nitrogens with zero attached hydrogens (tertiary/aromatic N) is 5. The van der Waals surface area contributed by atoms with Crippen molar-refractivity contribution < 1.29 is 27.5 Å². The number of carbonyl (C=O) groups is 2. The number of hydrogen-bond donors (Lipinski definition) is 1. The summed E-state index contributed by atoms with van der Waals surface area (Å²) in [5.74, 6) is -2.05. The molecule has 1 aromatic carbocycles. The van der Waals surface area contributed by atoms with Crippen molar-refractivity contribution in [3.05, 3.63) is 24.0 Å². The van der Waals surface area contributed by atoms with Gasteiger partial charge >= 0.3 is 12.5 Å². The maximum Gasteiger partial charge on any atom is 0.414 e. The lowest BCUT2D eigenvalue weighted by Gasteiger charge is -2.29. The Bertz CT molecular complexity index is 859. The molecule has 1 aromatic rings. The van der Waals surface area contributed by atoms with Gasteiger partial charge in [0, 0.05) is 6.54 Å². The van der Waals surface area contributed by atoms with E-state index < -0.39 is 30.3 Å². The highest BCUT2D eigenvalue weighted by atomic mass is 19.3. The highest BCUT2D eigenvalue weighted by Gasteiger charge is 2.33. The summed E-state index contributed by atoms with van der Waals surface area (Å²) in [5, 5.41) is 16.3. The van der Waals surface area contributed by atoms with Gasteiger partial charge in [-0.2, -0.15) is 19.1 Å². The van der Waals surface area contributed by atoms with Crippen molar-refractivity contribution in [2.24, 2.45) is 5.10 Å². The average molecular weight is 410 g/mol. The molecular weight excluding hydrogens is 393 g/mol. The Hall–Kier alpha value is -3.49. The number of benzene rings is 1. The van der Waals surface area contributed by atoms with Gasteiger partial charge in [0.05, 0.1) is 37.1 Å². The summed E-state index contributed by atoms with van der Waals surface area (Å²) < 4.78 is 44.1. The fourth-order valence-electron chi connectivity index (χ4n) is 2.89. The van der Waals surface area contributed by atoms with Gasteiger partial charge in [-0.3, -0.25) is 14.7 Å². The van der Waals surface area contributed by atoms with Crippen LogP contribution in [0.1, 0.15) is 0 Å². The number of cyclic esters (lactones) is 1. The first-order valence-electron chi connectivity index (χ1n) is 8.65. The van der Waals surface area contributed by atoms with Gasteiger partial charge in [-0.05, 0) is 18.2 Å². The van der Waals surface area contributed by atoms with Gasteiger partial charge in [-0.1, -0.05) is 0 Å². The summed E-state index contributed by atoms with van der Waals surface area (Å²) in [7, 11) is 0. The molecule has 12 heteroatoms. The number of rotatable bonds is 6. The van der Waals surface area contributed by atoms with E-state index in [9.17, 15) is 22.8 Å². The lowest BCUT2D eigenvalue weighted by atomic mass is 10.2. The number of amides is 2. The number of halogens is 3. The van der Waals surface area contributed by atoms with Gasteiger partial charge in [-0.15, -0.1) is 0 Å². The van der Waals surface area contributed by atoms with E-state index in [-0.39, 0.29) is 31.0 Å². The first-order valence-corrected chi connectivity index (χ1v) is 8.65. The Labute approximate surface area is 163 Å². The number of carbonyl (C=O) groups excluding carboxylic acids is 2. The van der Waals surface area contributed by atoms with E-state index in [0.29, 0.717) is 13.1 Å². The van der Waals surface area contributed by atoms with Gasteiger partial charge < -0.3 is 15.0 Å². The monoisotopic (exact) mass is 410 g/mol. The quantitative estimate of drug-likeness (QED) is 0.706. The molecule has 1 fully saturated rings. The predicted molar refractivity (Wildman–Crippen MR) is 96.1 cm³/mol. The molecule has 0 aliphatic carbocycles. The number of ether oxygens (including phenoxy) is 1. The smallest absolute Gasteiger partial charge is 0.414 e. The second-order valence-corrected chi connectivity index (χ2v) is 6.27. The minimum atomic E-state index is -3.16. The van der Waals surface area contributed by atoms with Crippen LogP contribution < -0.4 is 15.1 Å². The minimum Gasteiger partial charge on any atom is -0.442 e. The molecule has 1 saturated heterocycles. The molecular formula is C17H17F3N6O3. The van der Waals surface area contributed by atoms with Crippen LogP contribution in [0.2, 0.25) is 0 Å². The molecule has 1 atom stereocenters. The van der Waals surface area contributed by atoms with Crippen LogP contribution in [0.25, 0.3) is 0 Å². The zero-order valence-corrected chi connectivity index (χ0v) is 15.1. The fourth-order valence-corrected chi connectivity index (χ4v) is 2.89. The number of anilines is 2. The molecule has 1 N–H and O–H groups in total. The van der Waals surface area contributed by atoms with E-state index in [1.54, 1.807) is 9.91 Å². The molecule has 2 amide bonds. The van der Waals surface area contributed by atoms with Crippen LogP contribution in [0.4, 0.5) is 29.3 Å². The van der Waals surface area contributed by atoms with Crippen LogP contribution >= 0.6 is 0 Å². The van der Waals surface area contributed by atoms with E-state index in [1.165, 1.54) is 18.5 Å². The predicted octanol–water partition coefficient (Wildman–Crippen LogP) is 1.12. The molecule has 2 aliphatic rings. The number of alkyl halides is 2. The Balaban J connectivity index is 1.64. The van der Waals surface area contributed by atoms with Crippen molar-refractivity contribution in [2.45, 2.75) is 12.5 Å². The number of hydrazone groups is 1. The van der Waals surface area contributed by atoms with Crippen LogP contribution in [0, 0.1) is 17.1 Å². The van der Waals surface area contributed by atoms with Crippen molar-refractivity contribution in [1.82, 2.24) is 10.3 Å². The van der Waals surface area contributed by atoms with Gasteiger partial charge in [-0.25, -0.2) is 9.18 Å². The standard InChI is InChI=1S/C17H17F3N6O3/c18-13-7-11(1-2-14(13)24-5-6-25(4-3-21)23-10-24)26-9-12(29-17(26)28)8-22-16(27)15(19)20/h1-2,7,10,12,15H,4-6,8-9H2,(H,22,27)/t12-/m0/s1. The Morgan fingerprint density at radius 3 is 2.83 bits per heavy atom. The lowest BCUT2D eigenvalue weighted by Crippen LogP contribution is -2.38. The third-order valence-corrected chi connectivity index (χ3v) is 4.34. The van der Waals surface area contributed by atoms with Gasteiger partial charge in [0.15, 0.2) is 0 Å². The molecule has 29 heavy (non-hydrogen) atoms. The van der Waals surface area contributed by atoms with Crippen molar-refractivity contribution in [2.75, 3.05) is 42.5 Å². The van der Waals surface area contributed by atoms with Crippen molar-refractivity contribution in [3.63, 3.8) is 0 Å². The highest BCUT2D eigenvalue weighted by Crippen LogP contribution is 2.28. The van der Waals surface area contributed by atoms with Crippen molar-refractivity contribution in [1.29, 1.82) is 5.26 Å². The number of nitrogens with one attached hydrogen (secondary N) is 1. The lowest BCUT2D eigenvalue weighted by molar-refractivity contribution is -0.132. The second-order valence-electron chi connectivity index (χ2n) is 6.27. The van der Waals surface area contributed by atoms with Crippen LogP contribution in [0.15, 0.2) is 23.3 Å². The first-order chi connectivity index (χ1) is 13.9. The molecule has 0 bridgehead atoms. The molecule has 2 heterocycles. The summed E-state index contributed by atoms with van der Waals surface area (Å²) in [6, 6.07) is 6.14. The SMILES string of the molecule is N#CCN1CCN(c2ccc(N3C[C@H](CNC(=O)C(F)F)OC3=O)cc2F)C=N1. The number of hydrogen-bond acceptors (Lipinski definition) is 7. The molecule has 154 valence electrons. The van der Waals surface area contributed by atoms with Gasteiger partial charge in [0.25, 0.3) is 5.91 Å². The molecule has 0 radical (unpaired) electrons. The molecule has 0 unspecified atom stereocenters. The average Bonchev–Trinajstić information content (AvgIpc) is 3.07. The Morgan fingerprint density at radius 1 is 1.41 bits per heavy atom. The highest BCUT2D eigenvalue weighted by molar-refractivity contribution is 5.90. The second kappa shape index (κ2) is 8.68. The Kier molecular flexibility index (Phi) is 6.06. The summed E-state index contributed by atoms with van der Waals surface area (Å²) in [6.07, 6.45) is -3.33. The molecule has 2 aliphatic heterocycles. The zero-order valence-electron chi connectivity index (χ0n) is 15.1. The van der Waals surface area contributed by atoms with Crippen LogP contribution in [-0.4, -0.2) is 68.6 Å². The molecule has 0 saturated carbocycles. The van der Waals surface area contributed by atoms with Gasteiger partial charge in [0.2, 0.25) is 0 Å². The van der Waals surface area contributed by atoms with E-state index in [0.717, 1.165) is 11.0 Å².